The van der Waals surface area contributed by atoms with Crippen LogP contribution in [0.15, 0.2) is 10.6 Å². The van der Waals surface area contributed by atoms with Crippen LogP contribution in [-0.2, 0) is 11.3 Å². The monoisotopic (exact) mass is 212 g/mol. The second-order valence-corrected chi connectivity index (χ2v) is 3.53. The van der Waals surface area contributed by atoms with Crippen molar-refractivity contribution in [2.75, 3.05) is 0 Å². The Bertz CT molecular complexity index is 320. The number of nitrogens with zero attached hydrogens (tertiary/aromatic N) is 1. The molecule has 0 aliphatic rings. The molecule has 0 radical (unpaired) electrons. The van der Waals surface area contributed by atoms with E-state index in [4.69, 9.17) is 9.52 Å². The summed E-state index contributed by atoms with van der Waals surface area (Å²) in [4.78, 5) is 15.2. The molecule has 0 aliphatic carbocycles. The van der Waals surface area contributed by atoms with Gasteiger partial charge in [-0.15, -0.1) is 0 Å². The summed E-state index contributed by atoms with van der Waals surface area (Å²) in [6.07, 6.45) is 1.95. The number of hydrogen-bond acceptors (Lipinski definition) is 4. The summed E-state index contributed by atoms with van der Waals surface area (Å²) in [5, 5.41) is 11.6. The van der Waals surface area contributed by atoms with Crippen LogP contribution in [0.5, 0.6) is 0 Å². The van der Waals surface area contributed by atoms with Gasteiger partial charge in [0.2, 0.25) is 11.8 Å². The van der Waals surface area contributed by atoms with Crippen LogP contribution in [0.25, 0.3) is 0 Å². The molecule has 1 unspecified atom stereocenters. The van der Waals surface area contributed by atoms with Crippen molar-refractivity contribution in [2.45, 2.75) is 39.3 Å². The van der Waals surface area contributed by atoms with Gasteiger partial charge in [0.1, 0.15) is 5.76 Å². The smallest absolute Gasteiger partial charge is 0.220 e. The molecule has 1 atom stereocenters. The molecule has 0 spiro atoms. The topological polar surface area (TPSA) is 75.4 Å². The van der Waals surface area contributed by atoms with Gasteiger partial charge in [0.25, 0.3) is 0 Å². The minimum absolute atomic E-state index is 0.105. The molecule has 0 aromatic carbocycles. The molecule has 1 heterocycles. The zero-order valence-electron chi connectivity index (χ0n) is 8.99. The largest absolute Gasteiger partial charge is 0.444 e. The molecule has 84 valence electrons. The predicted octanol–water partition coefficient (Wildman–Crippen LogP) is 0.760. The Hall–Kier alpha value is -1.36. The first kappa shape index (κ1) is 11.7. The fourth-order valence-corrected chi connectivity index (χ4v) is 1.09. The van der Waals surface area contributed by atoms with Gasteiger partial charge in [0.05, 0.1) is 18.8 Å². The van der Waals surface area contributed by atoms with Crippen molar-refractivity contribution in [1.82, 2.24) is 10.3 Å². The highest BCUT2D eigenvalue weighted by Gasteiger charge is 2.06. The van der Waals surface area contributed by atoms with Gasteiger partial charge in [-0.05, 0) is 20.3 Å². The van der Waals surface area contributed by atoms with Crippen molar-refractivity contribution in [3.63, 3.8) is 0 Å². The molecule has 1 aromatic heterocycles. The van der Waals surface area contributed by atoms with Gasteiger partial charge in [0, 0.05) is 6.42 Å². The SMILES string of the molecule is Cc1cnc(CNC(=O)CCC(C)O)o1. The minimum atomic E-state index is -0.445. The first-order chi connectivity index (χ1) is 7.08. The Morgan fingerprint density at radius 3 is 3.00 bits per heavy atom. The Kier molecular flexibility index (Phi) is 4.30. The molecule has 0 bridgehead atoms. The molecule has 15 heavy (non-hydrogen) atoms. The lowest BCUT2D eigenvalue weighted by Gasteiger charge is -2.04. The molecule has 1 rings (SSSR count). The van der Waals surface area contributed by atoms with Crippen LogP contribution in [0.3, 0.4) is 0 Å². The number of rotatable bonds is 5. The second kappa shape index (κ2) is 5.50. The van der Waals surface area contributed by atoms with E-state index in [0.29, 0.717) is 25.3 Å². The van der Waals surface area contributed by atoms with Crippen LogP contribution in [0, 0.1) is 6.92 Å². The Morgan fingerprint density at radius 1 is 1.73 bits per heavy atom. The summed E-state index contributed by atoms with van der Waals surface area (Å²) >= 11 is 0. The molecule has 0 aliphatic heterocycles. The summed E-state index contributed by atoms with van der Waals surface area (Å²) in [7, 11) is 0. The lowest BCUT2D eigenvalue weighted by Crippen LogP contribution is -2.23. The number of aryl methyl sites for hydroxylation is 1. The number of aliphatic hydroxyl groups excluding tert-OH is 1. The molecule has 5 nitrogen and oxygen atoms in total. The molecular formula is C10H16N2O3. The molecular weight excluding hydrogens is 196 g/mol. The maximum Gasteiger partial charge on any atom is 0.220 e. The van der Waals surface area contributed by atoms with Crippen LogP contribution in [0.4, 0.5) is 0 Å². The van der Waals surface area contributed by atoms with Crippen molar-refractivity contribution in [3.05, 3.63) is 17.8 Å². The average molecular weight is 212 g/mol. The highest BCUT2D eigenvalue weighted by molar-refractivity contribution is 5.75. The molecule has 0 fully saturated rings. The fraction of sp³-hybridized carbons (Fsp3) is 0.600. The number of oxazole rings is 1. The van der Waals surface area contributed by atoms with Crippen molar-refractivity contribution in [2.24, 2.45) is 0 Å². The summed E-state index contributed by atoms with van der Waals surface area (Å²) in [5.74, 6) is 1.12. The molecule has 0 saturated carbocycles. The Morgan fingerprint density at radius 2 is 2.47 bits per heavy atom. The van der Waals surface area contributed by atoms with E-state index >= 15 is 0 Å². The average Bonchev–Trinajstić information content (AvgIpc) is 2.58. The zero-order valence-corrected chi connectivity index (χ0v) is 8.99. The van der Waals surface area contributed by atoms with Gasteiger partial charge in [0.15, 0.2) is 0 Å². The van der Waals surface area contributed by atoms with E-state index < -0.39 is 6.10 Å². The number of amides is 1. The van der Waals surface area contributed by atoms with E-state index in [0.717, 1.165) is 5.76 Å². The Balaban J connectivity index is 2.22. The second-order valence-electron chi connectivity index (χ2n) is 3.53. The number of aliphatic hydroxyl groups is 1. The van der Waals surface area contributed by atoms with Crippen molar-refractivity contribution in [3.8, 4) is 0 Å². The highest BCUT2D eigenvalue weighted by atomic mass is 16.4. The fourth-order valence-electron chi connectivity index (χ4n) is 1.09. The van der Waals surface area contributed by atoms with E-state index in [-0.39, 0.29) is 5.91 Å². The first-order valence-electron chi connectivity index (χ1n) is 4.94. The summed E-state index contributed by atoms with van der Waals surface area (Å²) < 4.78 is 5.18. The molecule has 5 heteroatoms. The number of hydrogen-bond donors (Lipinski definition) is 2. The quantitative estimate of drug-likeness (QED) is 0.755. The first-order valence-corrected chi connectivity index (χ1v) is 4.94. The van der Waals surface area contributed by atoms with Gasteiger partial charge in [-0.25, -0.2) is 4.98 Å². The number of nitrogens with one attached hydrogen (secondary N) is 1. The standard InChI is InChI=1S/C10H16N2O3/c1-7(13)3-4-9(14)11-6-10-12-5-8(2)15-10/h5,7,13H,3-4,6H2,1-2H3,(H,11,14). The van der Waals surface area contributed by atoms with Crippen LogP contribution < -0.4 is 5.32 Å². The van der Waals surface area contributed by atoms with Crippen molar-refractivity contribution in [1.29, 1.82) is 0 Å². The van der Waals surface area contributed by atoms with E-state index in [9.17, 15) is 4.79 Å². The van der Waals surface area contributed by atoms with Crippen LogP contribution in [0.1, 0.15) is 31.4 Å². The van der Waals surface area contributed by atoms with Gasteiger partial charge in [-0.1, -0.05) is 0 Å². The number of carbonyl (C=O) groups is 1. The van der Waals surface area contributed by atoms with Gasteiger partial charge in [-0.2, -0.15) is 0 Å². The number of aromatic nitrogens is 1. The Labute approximate surface area is 88.5 Å². The van der Waals surface area contributed by atoms with E-state index in [1.807, 2.05) is 0 Å². The normalized spacial score (nSPS) is 12.5. The minimum Gasteiger partial charge on any atom is -0.444 e. The molecule has 1 amide bonds. The van der Waals surface area contributed by atoms with Crippen molar-refractivity contribution < 1.29 is 14.3 Å². The van der Waals surface area contributed by atoms with E-state index in [1.54, 1.807) is 20.0 Å². The third kappa shape index (κ3) is 4.60. The molecule has 0 saturated heterocycles. The summed E-state index contributed by atoms with van der Waals surface area (Å²) in [5.41, 5.74) is 0. The molecule has 2 N–H and O–H groups in total. The number of carbonyl (C=O) groups excluding carboxylic acids is 1. The van der Waals surface area contributed by atoms with Crippen molar-refractivity contribution >= 4 is 5.91 Å². The summed E-state index contributed by atoms with van der Waals surface area (Å²) in [6.45, 7) is 3.75. The molecule has 1 aromatic rings. The highest BCUT2D eigenvalue weighted by Crippen LogP contribution is 2.01. The predicted molar refractivity (Wildman–Crippen MR) is 54.0 cm³/mol. The lowest BCUT2D eigenvalue weighted by atomic mass is 10.2. The third-order valence-electron chi connectivity index (χ3n) is 1.90. The van der Waals surface area contributed by atoms with Gasteiger partial charge >= 0.3 is 0 Å². The van der Waals surface area contributed by atoms with Crippen LogP contribution >= 0.6 is 0 Å². The van der Waals surface area contributed by atoms with E-state index in [2.05, 4.69) is 10.3 Å². The van der Waals surface area contributed by atoms with Gasteiger partial charge in [-0.3, -0.25) is 4.79 Å². The van der Waals surface area contributed by atoms with Crippen LogP contribution in [-0.4, -0.2) is 22.1 Å². The van der Waals surface area contributed by atoms with Crippen LogP contribution in [0.2, 0.25) is 0 Å². The summed E-state index contributed by atoms with van der Waals surface area (Å²) in [6, 6.07) is 0. The van der Waals surface area contributed by atoms with Gasteiger partial charge < -0.3 is 14.8 Å². The third-order valence-corrected chi connectivity index (χ3v) is 1.90. The van der Waals surface area contributed by atoms with E-state index in [1.165, 1.54) is 0 Å². The maximum atomic E-state index is 11.2. The maximum absolute atomic E-state index is 11.2. The zero-order chi connectivity index (χ0) is 11.3. The lowest BCUT2D eigenvalue weighted by molar-refractivity contribution is -0.121.